The fourth-order valence-corrected chi connectivity index (χ4v) is 3.76. The molecule has 7 heteroatoms. The molecule has 0 radical (unpaired) electrons. The van der Waals surface area contributed by atoms with Crippen LogP contribution in [0.4, 0.5) is 0 Å². The summed E-state index contributed by atoms with van der Waals surface area (Å²) in [6.45, 7) is 3.42. The molecule has 3 rings (SSSR count). The molecule has 1 aromatic rings. The van der Waals surface area contributed by atoms with Crippen LogP contribution in [0, 0.1) is 5.41 Å². The molecule has 2 aliphatic rings. The highest BCUT2D eigenvalue weighted by atomic mass is 16.3. The van der Waals surface area contributed by atoms with E-state index in [0.717, 1.165) is 38.9 Å². The minimum Gasteiger partial charge on any atom is -0.396 e. The third-order valence-electron chi connectivity index (χ3n) is 4.78. The van der Waals surface area contributed by atoms with Crippen molar-refractivity contribution < 1.29 is 5.11 Å². The molecule has 0 aromatic carbocycles. The second kappa shape index (κ2) is 5.75. The number of piperidine rings is 2. The van der Waals surface area contributed by atoms with Gasteiger partial charge in [-0.1, -0.05) is 0 Å². The Bertz CT molecular complexity index is 582. The van der Waals surface area contributed by atoms with Gasteiger partial charge in [0.05, 0.1) is 6.61 Å². The van der Waals surface area contributed by atoms with Gasteiger partial charge in [-0.3, -0.25) is 14.7 Å². The van der Waals surface area contributed by atoms with E-state index in [1.54, 1.807) is 0 Å². The molecule has 0 spiro atoms. The Labute approximate surface area is 122 Å². The quantitative estimate of drug-likeness (QED) is 0.573. The van der Waals surface area contributed by atoms with Crippen LogP contribution in [-0.2, 0) is 6.54 Å². The van der Waals surface area contributed by atoms with Gasteiger partial charge in [0, 0.05) is 42.9 Å². The molecule has 0 bridgehead atoms. The molecular weight excluding hydrogens is 272 g/mol. The molecule has 2 atom stereocenters. The lowest BCUT2D eigenvalue weighted by Gasteiger charge is -2.50. The van der Waals surface area contributed by atoms with E-state index < -0.39 is 5.69 Å². The summed E-state index contributed by atoms with van der Waals surface area (Å²) in [5.41, 5.74) is -0.319. The highest BCUT2D eigenvalue weighted by Crippen LogP contribution is 2.37. The molecule has 7 nitrogen and oxygen atoms in total. The standard InChI is InChI=1S/C14H22N4O3/c19-9-14-3-1-4-15-11(14)2-5-18(8-14)7-10-6-12(20)17-13(21)16-10/h6,11,15,19H,1-5,7-9H2,(H2,16,17,20,21)/t11-,14-/m1/s1. The number of nitrogens with one attached hydrogen (secondary N) is 3. The van der Waals surface area contributed by atoms with Crippen LogP contribution < -0.4 is 16.6 Å². The predicted molar refractivity (Wildman–Crippen MR) is 78.1 cm³/mol. The maximum atomic E-state index is 11.4. The Hall–Kier alpha value is -1.44. The van der Waals surface area contributed by atoms with Crippen LogP contribution in [-0.4, -0.2) is 52.3 Å². The van der Waals surface area contributed by atoms with Crippen molar-refractivity contribution in [3.05, 3.63) is 32.6 Å². The highest BCUT2D eigenvalue weighted by Gasteiger charge is 2.44. The molecule has 4 N–H and O–H groups in total. The molecule has 0 aliphatic carbocycles. The van der Waals surface area contributed by atoms with Crippen LogP contribution in [0.3, 0.4) is 0 Å². The van der Waals surface area contributed by atoms with Crippen molar-refractivity contribution in [2.24, 2.45) is 5.41 Å². The molecule has 2 aliphatic heterocycles. The van der Waals surface area contributed by atoms with E-state index in [1.807, 2.05) is 0 Å². The third-order valence-corrected chi connectivity index (χ3v) is 4.78. The number of rotatable bonds is 3. The smallest absolute Gasteiger partial charge is 0.325 e. The predicted octanol–water partition coefficient (Wildman–Crippen LogP) is -1.00. The van der Waals surface area contributed by atoms with Crippen LogP contribution in [0.1, 0.15) is 25.0 Å². The minimum absolute atomic E-state index is 0.0992. The summed E-state index contributed by atoms with van der Waals surface area (Å²) in [5.74, 6) is 0. The Morgan fingerprint density at radius 3 is 3.00 bits per heavy atom. The second-order valence-corrected chi connectivity index (χ2v) is 6.24. The van der Waals surface area contributed by atoms with Crippen molar-refractivity contribution in [3.8, 4) is 0 Å². The number of likely N-dealkylation sites (tertiary alicyclic amines) is 1. The summed E-state index contributed by atoms with van der Waals surface area (Å²) in [6, 6.07) is 1.80. The number of hydrogen-bond donors (Lipinski definition) is 4. The average molecular weight is 294 g/mol. The summed E-state index contributed by atoms with van der Waals surface area (Å²) in [4.78, 5) is 29.7. The molecule has 2 fully saturated rings. The van der Waals surface area contributed by atoms with Crippen molar-refractivity contribution in [3.63, 3.8) is 0 Å². The Kier molecular flexibility index (Phi) is 3.97. The van der Waals surface area contributed by atoms with Crippen molar-refractivity contribution >= 4 is 0 Å². The van der Waals surface area contributed by atoms with Crippen LogP contribution in [0.5, 0.6) is 0 Å². The Morgan fingerprint density at radius 2 is 2.24 bits per heavy atom. The Balaban J connectivity index is 1.75. The van der Waals surface area contributed by atoms with E-state index in [-0.39, 0.29) is 17.6 Å². The molecular formula is C14H22N4O3. The van der Waals surface area contributed by atoms with Crippen molar-refractivity contribution in [2.75, 3.05) is 26.2 Å². The van der Waals surface area contributed by atoms with Crippen molar-refractivity contribution in [2.45, 2.75) is 31.8 Å². The molecule has 3 heterocycles. The van der Waals surface area contributed by atoms with Crippen molar-refractivity contribution in [1.82, 2.24) is 20.2 Å². The first-order valence-corrected chi connectivity index (χ1v) is 7.50. The zero-order valence-electron chi connectivity index (χ0n) is 12.0. The molecule has 21 heavy (non-hydrogen) atoms. The third kappa shape index (κ3) is 2.95. The summed E-state index contributed by atoms with van der Waals surface area (Å²) >= 11 is 0. The number of fused-ring (bicyclic) bond motifs is 1. The zero-order chi connectivity index (χ0) is 14.9. The SMILES string of the molecule is O=c1cc(CN2CC[C@H]3NCCC[C@]3(CO)C2)[nH]c(=O)[nH]1. The number of aromatic amines is 2. The topological polar surface area (TPSA) is 101 Å². The van der Waals surface area contributed by atoms with Crippen LogP contribution in [0.25, 0.3) is 0 Å². The number of H-pyrrole nitrogens is 2. The van der Waals surface area contributed by atoms with Crippen LogP contribution >= 0.6 is 0 Å². The van der Waals surface area contributed by atoms with Gasteiger partial charge in [0.1, 0.15) is 0 Å². The fraction of sp³-hybridized carbons (Fsp3) is 0.714. The van der Waals surface area contributed by atoms with E-state index in [2.05, 4.69) is 20.2 Å². The van der Waals surface area contributed by atoms with E-state index in [1.165, 1.54) is 6.07 Å². The van der Waals surface area contributed by atoms with Gasteiger partial charge in [-0.2, -0.15) is 0 Å². The summed E-state index contributed by atoms with van der Waals surface area (Å²) in [7, 11) is 0. The molecule has 2 saturated heterocycles. The fourth-order valence-electron chi connectivity index (χ4n) is 3.76. The van der Waals surface area contributed by atoms with Gasteiger partial charge in [-0.15, -0.1) is 0 Å². The molecule has 0 unspecified atom stereocenters. The van der Waals surface area contributed by atoms with Gasteiger partial charge in [-0.25, -0.2) is 4.79 Å². The summed E-state index contributed by atoms with van der Waals surface area (Å²) < 4.78 is 0. The summed E-state index contributed by atoms with van der Waals surface area (Å²) in [5, 5.41) is 13.4. The molecule has 0 amide bonds. The normalized spacial score (nSPS) is 30.0. The van der Waals surface area contributed by atoms with Gasteiger partial charge in [-0.05, 0) is 25.8 Å². The lowest BCUT2D eigenvalue weighted by atomic mass is 9.71. The maximum Gasteiger partial charge on any atom is 0.325 e. The zero-order valence-corrected chi connectivity index (χ0v) is 12.0. The molecule has 1 aromatic heterocycles. The number of hydrogen-bond acceptors (Lipinski definition) is 5. The maximum absolute atomic E-state index is 11.4. The van der Waals surface area contributed by atoms with Gasteiger partial charge in [0.25, 0.3) is 5.56 Å². The number of aliphatic hydroxyl groups is 1. The minimum atomic E-state index is -0.469. The first kappa shape index (κ1) is 14.5. The number of aromatic nitrogens is 2. The monoisotopic (exact) mass is 294 g/mol. The highest BCUT2D eigenvalue weighted by molar-refractivity contribution is 5.03. The first-order chi connectivity index (χ1) is 10.1. The lowest BCUT2D eigenvalue weighted by molar-refractivity contribution is -0.0226. The number of nitrogens with zero attached hydrogens (tertiary/aromatic N) is 1. The lowest BCUT2D eigenvalue weighted by Crippen LogP contribution is -2.61. The van der Waals surface area contributed by atoms with E-state index in [9.17, 15) is 14.7 Å². The first-order valence-electron chi connectivity index (χ1n) is 7.50. The molecule has 0 saturated carbocycles. The van der Waals surface area contributed by atoms with Crippen molar-refractivity contribution in [1.29, 1.82) is 0 Å². The van der Waals surface area contributed by atoms with E-state index in [0.29, 0.717) is 18.3 Å². The van der Waals surface area contributed by atoms with Gasteiger partial charge in [0.2, 0.25) is 0 Å². The second-order valence-electron chi connectivity index (χ2n) is 6.24. The van der Waals surface area contributed by atoms with Gasteiger partial charge < -0.3 is 15.4 Å². The number of aliphatic hydroxyl groups excluding tert-OH is 1. The van der Waals surface area contributed by atoms with Gasteiger partial charge in [0.15, 0.2) is 0 Å². The Morgan fingerprint density at radius 1 is 1.38 bits per heavy atom. The van der Waals surface area contributed by atoms with Crippen LogP contribution in [0.2, 0.25) is 0 Å². The average Bonchev–Trinajstić information content (AvgIpc) is 2.46. The largest absolute Gasteiger partial charge is 0.396 e. The van der Waals surface area contributed by atoms with E-state index >= 15 is 0 Å². The van der Waals surface area contributed by atoms with Gasteiger partial charge >= 0.3 is 5.69 Å². The van der Waals surface area contributed by atoms with Crippen LogP contribution in [0.15, 0.2) is 15.7 Å². The molecule has 116 valence electrons. The van der Waals surface area contributed by atoms with E-state index in [4.69, 9.17) is 0 Å². The summed E-state index contributed by atoms with van der Waals surface area (Å²) in [6.07, 6.45) is 3.07.